The summed E-state index contributed by atoms with van der Waals surface area (Å²) in [6.07, 6.45) is 1.84. The minimum Gasteiger partial charge on any atom is -0.368 e. The standard InChI is InChI=1S/C25H30N4O3/c30-23-7-4-14-29(23)19-20-8-10-21(11-9-20)25(32)26-13-12-24(31)28-17-15-27(16-18-28)22-5-2-1-3-6-22/h1-3,5-6,8-11H,4,7,12-19H2,(H,26,32). The van der Waals surface area contributed by atoms with Crippen LogP contribution in [0.4, 0.5) is 5.69 Å². The van der Waals surface area contributed by atoms with Crippen LogP contribution in [0.2, 0.25) is 0 Å². The fraction of sp³-hybridized carbons (Fsp3) is 0.400. The fourth-order valence-electron chi connectivity index (χ4n) is 4.25. The highest BCUT2D eigenvalue weighted by Crippen LogP contribution is 2.16. The van der Waals surface area contributed by atoms with Crippen LogP contribution < -0.4 is 10.2 Å². The Hall–Kier alpha value is -3.35. The molecular weight excluding hydrogens is 404 g/mol. The number of rotatable bonds is 7. The molecule has 0 bridgehead atoms. The fourth-order valence-corrected chi connectivity index (χ4v) is 4.25. The van der Waals surface area contributed by atoms with Crippen molar-refractivity contribution in [2.75, 3.05) is 44.2 Å². The van der Waals surface area contributed by atoms with Gasteiger partial charge in [0.15, 0.2) is 0 Å². The molecule has 168 valence electrons. The first-order valence-electron chi connectivity index (χ1n) is 11.3. The van der Waals surface area contributed by atoms with Gasteiger partial charge in [-0.15, -0.1) is 0 Å². The number of carbonyl (C=O) groups excluding carboxylic acids is 3. The molecule has 0 saturated carbocycles. The zero-order chi connectivity index (χ0) is 22.3. The third-order valence-electron chi connectivity index (χ3n) is 6.14. The van der Waals surface area contributed by atoms with Crippen molar-refractivity contribution in [2.45, 2.75) is 25.8 Å². The molecule has 2 aliphatic heterocycles. The van der Waals surface area contributed by atoms with Crippen molar-refractivity contribution in [3.05, 3.63) is 65.7 Å². The summed E-state index contributed by atoms with van der Waals surface area (Å²) in [5.74, 6) is 0.0806. The average Bonchev–Trinajstić information content (AvgIpc) is 3.24. The number of piperazine rings is 1. The molecule has 1 N–H and O–H groups in total. The van der Waals surface area contributed by atoms with Crippen LogP contribution in [0.3, 0.4) is 0 Å². The Bertz CT molecular complexity index is 937. The highest BCUT2D eigenvalue weighted by Gasteiger charge is 2.22. The van der Waals surface area contributed by atoms with E-state index in [1.807, 2.05) is 40.1 Å². The first kappa shape index (κ1) is 21.9. The Morgan fingerprint density at radius 2 is 1.59 bits per heavy atom. The number of hydrogen-bond donors (Lipinski definition) is 1. The van der Waals surface area contributed by atoms with Gasteiger partial charge >= 0.3 is 0 Å². The van der Waals surface area contributed by atoms with Crippen LogP contribution in [0.25, 0.3) is 0 Å². The van der Waals surface area contributed by atoms with Crippen LogP contribution in [-0.4, -0.2) is 66.8 Å². The lowest BCUT2D eigenvalue weighted by Crippen LogP contribution is -2.49. The van der Waals surface area contributed by atoms with Gasteiger partial charge in [-0.1, -0.05) is 30.3 Å². The Labute approximate surface area is 189 Å². The number of benzene rings is 2. The molecule has 0 spiro atoms. The van der Waals surface area contributed by atoms with Gasteiger partial charge in [-0.3, -0.25) is 14.4 Å². The third-order valence-corrected chi connectivity index (χ3v) is 6.14. The number of likely N-dealkylation sites (tertiary alicyclic amines) is 1. The normalized spacial score (nSPS) is 16.4. The van der Waals surface area contributed by atoms with E-state index in [4.69, 9.17) is 0 Å². The van der Waals surface area contributed by atoms with Gasteiger partial charge in [0, 0.05) is 69.9 Å². The van der Waals surface area contributed by atoms with Crippen molar-refractivity contribution in [3.8, 4) is 0 Å². The zero-order valence-corrected chi connectivity index (χ0v) is 18.3. The summed E-state index contributed by atoms with van der Waals surface area (Å²) < 4.78 is 0. The van der Waals surface area contributed by atoms with E-state index in [2.05, 4.69) is 22.3 Å². The maximum atomic E-state index is 12.5. The van der Waals surface area contributed by atoms with Gasteiger partial charge in [0.25, 0.3) is 5.91 Å². The molecule has 2 fully saturated rings. The van der Waals surface area contributed by atoms with Crippen molar-refractivity contribution in [3.63, 3.8) is 0 Å². The highest BCUT2D eigenvalue weighted by atomic mass is 16.2. The maximum Gasteiger partial charge on any atom is 0.251 e. The predicted molar refractivity (Wildman–Crippen MR) is 123 cm³/mol. The molecule has 0 unspecified atom stereocenters. The van der Waals surface area contributed by atoms with Crippen molar-refractivity contribution in [2.24, 2.45) is 0 Å². The summed E-state index contributed by atoms with van der Waals surface area (Å²) in [4.78, 5) is 42.7. The molecule has 4 rings (SSSR count). The van der Waals surface area contributed by atoms with E-state index >= 15 is 0 Å². The van der Waals surface area contributed by atoms with Gasteiger partial charge in [0.1, 0.15) is 0 Å². The molecule has 7 heteroatoms. The summed E-state index contributed by atoms with van der Waals surface area (Å²) >= 11 is 0. The Morgan fingerprint density at radius 1 is 0.875 bits per heavy atom. The van der Waals surface area contributed by atoms with E-state index in [9.17, 15) is 14.4 Å². The third kappa shape index (κ3) is 5.46. The zero-order valence-electron chi connectivity index (χ0n) is 18.3. The molecule has 2 saturated heterocycles. The topological polar surface area (TPSA) is 73.0 Å². The molecule has 7 nitrogen and oxygen atoms in total. The molecule has 32 heavy (non-hydrogen) atoms. The second-order valence-corrected chi connectivity index (χ2v) is 8.33. The van der Waals surface area contributed by atoms with Crippen molar-refractivity contribution in [1.29, 1.82) is 0 Å². The summed E-state index contributed by atoms with van der Waals surface area (Å²) in [5.41, 5.74) is 2.76. The largest absolute Gasteiger partial charge is 0.368 e. The van der Waals surface area contributed by atoms with E-state index in [1.165, 1.54) is 5.69 Å². The number of nitrogens with zero attached hydrogens (tertiary/aromatic N) is 3. The first-order chi connectivity index (χ1) is 15.6. The first-order valence-corrected chi connectivity index (χ1v) is 11.3. The number of nitrogens with one attached hydrogen (secondary N) is 1. The second kappa shape index (κ2) is 10.3. The smallest absolute Gasteiger partial charge is 0.251 e. The van der Waals surface area contributed by atoms with Crippen LogP contribution in [0.5, 0.6) is 0 Å². The summed E-state index contributed by atoms with van der Waals surface area (Å²) in [6.45, 7) is 4.74. The number of carbonyl (C=O) groups is 3. The Morgan fingerprint density at radius 3 is 2.25 bits per heavy atom. The van der Waals surface area contributed by atoms with Crippen molar-refractivity contribution >= 4 is 23.4 Å². The molecule has 0 atom stereocenters. The van der Waals surface area contributed by atoms with E-state index < -0.39 is 0 Å². The van der Waals surface area contributed by atoms with Gasteiger partial charge in [0.05, 0.1) is 0 Å². The van der Waals surface area contributed by atoms with Gasteiger partial charge in [-0.2, -0.15) is 0 Å². The Balaban J connectivity index is 1.18. The maximum absolute atomic E-state index is 12.5. The van der Waals surface area contributed by atoms with Gasteiger partial charge in [-0.25, -0.2) is 0 Å². The summed E-state index contributed by atoms with van der Waals surface area (Å²) in [7, 11) is 0. The van der Waals surface area contributed by atoms with Gasteiger partial charge in [0.2, 0.25) is 11.8 Å². The van der Waals surface area contributed by atoms with Crippen molar-refractivity contribution in [1.82, 2.24) is 15.1 Å². The van der Waals surface area contributed by atoms with E-state index in [0.717, 1.165) is 31.6 Å². The lowest BCUT2D eigenvalue weighted by molar-refractivity contribution is -0.131. The van der Waals surface area contributed by atoms with Gasteiger partial charge < -0.3 is 20.0 Å². The summed E-state index contributed by atoms with van der Waals surface area (Å²) in [5, 5.41) is 2.84. The van der Waals surface area contributed by atoms with E-state index in [0.29, 0.717) is 44.6 Å². The lowest BCUT2D eigenvalue weighted by Gasteiger charge is -2.36. The minimum atomic E-state index is -0.185. The lowest BCUT2D eigenvalue weighted by atomic mass is 10.1. The molecule has 2 aromatic carbocycles. The number of hydrogen-bond acceptors (Lipinski definition) is 4. The van der Waals surface area contributed by atoms with E-state index in [-0.39, 0.29) is 17.7 Å². The molecule has 0 aliphatic carbocycles. The summed E-state index contributed by atoms with van der Waals surface area (Å²) in [6, 6.07) is 17.6. The SMILES string of the molecule is O=C(NCCC(=O)N1CCN(c2ccccc2)CC1)c1ccc(CN2CCCC2=O)cc1. The number of anilines is 1. The Kier molecular flexibility index (Phi) is 7.04. The molecule has 2 aromatic rings. The van der Waals surface area contributed by atoms with Crippen LogP contribution in [0.15, 0.2) is 54.6 Å². The molecule has 2 heterocycles. The van der Waals surface area contributed by atoms with Crippen LogP contribution >= 0.6 is 0 Å². The molecule has 3 amide bonds. The predicted octanol–water partition coefficient (Wildman–Crippen LogP) is 2.28. The van der Waals surface area contributed by atoms with Crippen LogP contribution in [0, 0.1) is 0 Å². The average molecular weight is 435 g/mol. The second-order valence-electron chi connectivity index (χ2n) is 8.33. The van der Waals surface area contributed by atoms with Gasteiger partial charge in [-0.05, 0) is 36.2 Å². The molecule has 0 aromatic heterocycles. The molecule has 2 aliphatic rings. The van der Waals surface area contributed by atoms with Crippen LogP contribution in [-0.2, 0) is 16.1 Å². The number of para-hydroxylation sites is 1. The van der Waals surface area contributed by atoms with Crippen molar-refractivity contribution < 1.29 is 14.4 Å². The molecular formula is C25H30N4O3. The van der Waals surface area contributed by atoms with E-state index in [1.54, 1.807) is 12.1 Å². The quantitative estimate of drug-likeness (QED) is 0.726. The monoisotopic (exact) mass is 434 g/mol. The number of amides is 3. The van der Waals surface area contributed by atoms with Crippen LogP contribution in [0.1, 0.15) is 35.2 Å². The highest BCUT2D eigenvalue weighted by molar-refractivity contribution is 5.94. The minimum absolute atomic E-state index is 0.0728. The molecule has 0 radical (unpaired) electrons.